The topological polar surface area (TPSA) is 42.2 Å². The minimum Gasteiger partial charge on any atom is -0.456 e. The molecule has 0 unspecified atom stereocenters. The number of para-hydroxylation sites is 1. The maximum absolute atomic E-state index is 12.0. The summed E-state index contributed by atoms with van der Waals surface area (Å²) in [5, 5.41) is 5.29. The van der Waals surface area contributed by atoms with Crippen molar-refractivity contribution in [3.8, 4) is 0 Å². The first-order valence-corrected chi connectivity index (χ1v) is 9.00. The van der Waals surface area contributed by atoms with Gasteiger partial charge in [-0.2, -0.15) is 0 Å². The lowest BCUT2D eigenvalue weighted by Crippen LogP contribution is -2.25. The van der Waals surface area contributed by atoms with Crippen molar-refractivity contribution in [2.75, 3.05) is 6.54 Å². The number of aryl methyl sites for hydroxylation is 1. The zero-order chi connectivity index (χ0) is 17.8. The van der Waals surface area contributed by atoms with Crippen LogP contribution in [0.2, 0.25) is 0 Å². The molecule has 0 aliphatic heterocycles. The molecule has 4 rings (SSSR count). The van der Waals surface area contributed by atoms with Gasteiger partial charge in [-0.15, -0.1) is 0 Å². The van der Waals surface area contributed by atoms with Crippen molar-refractivity contribution >= 4 is 27.8 Å². The Balaban J connectivity index is 1.34. The van der Waals surface area contributed by atoms with E-state index < -0.39 is 0 Å². The zero-order valence-corrected chi connectivity index (χ0v) is 14.6. The standard InChI is InChI=1S/C23H21NO2/c25-23(13-11-17-6-2-1-3-7-17)24-15-14-18-10-12-22-20(16-18)19-8-4-5-9-21(19)26-22/h1-10,12,16H,11,13-15H2,(H,24,25). The average Bonchev–Trinajstić information content (AvgIpc) is 3.05. The molecule has 0 aliphatic carbocycles. The maximum Gasteiger partial charge on any atom is 0.220 e. The van der Waals surface area contributed by atoms with Crippen molar-refractivity contribution in [2.24, 2.45) is 0 Å². The van der Waals surface area contributed by atoms with E-state index >= 15 is 0 Å². The van der Waals surface area contributed by atoms with E-state index in [-0.39, 0.29) is 5.91 Å². The number of carbonyl (C=O) groups is 1. The summed E-state index contributed by atoms with van der Waals surface area (Å²) >= 11 is 0. The fourth-order valence-corrected chi connectivity index (χ4v) is 3.27. The molecule has 1 amide bonds. The van der Waals surface area contributed by atoms with E-state index in [9.17, 15) is 4.79 Å². The summed E-state index contributed by atoms with van der Waals surface area (Å²) in [6.07, 6.45) is 2.11. The van der Waals surface area contributed by atoms with Crippen LogP contribution < -0.4 is 5.32 Å². The van der Waals surface area contributed by atoms with Crippen molar-refractivity contribution in [2.45, 2.75) is 19.3 Å². The van der Waals surface area contributed by atoms with Gasteiger partial charge in [-0.3, -0.25) is 4.79 Å². The summed E-state index contributed by atoms with van der Waals surface area (Å²) in [6, 6.07) is 24.4. The third-order valence-electron chi connectivity index (χ3n) is 4.66. The van der Waals surface area contributed by atoms with Gasteiger partial charge in [0.15, 0.2) is 0 Å². The van der Waals surface area contributed by atoms with Gasteiger partial charge in [0, 0.05) is 23.7 Å². The molecule has 3 heteroatoms. The Morgan fingerprint density at radius 3 is 2.42 bits per heavy atom. The number of rotatable bonds is 6. The van der Waals surface area contributed by atoms with Gasteiger partial charge < -0.3 is 9.73 Å². The molecule has 0 aliphatic rings. The summed E-state index contributed by atoms with van der Waals surface area (Å²) in [7, 11) is 0. The molecule has 130 valence electrons. The number of carbonyl (C=O) groups excluding carboxylic acids is 1. The van der Waals surface area contributed by atoms with E-state index in [1.54, 1.807) is 0 Å². The third kappa shape index (κ3) is 3.62. The fourth-order valence-electron chi connectivity index (χ4n) is 3.27. The molecule has 0 bridgehead atoms. The van der Waals surface area contributed by atoms with Crippen LogP contribution in [-0.4, -0.2) is 12.5 Å². The van der Waals surface area contributed by atoms with Gasteiger partial charge >= 0.3 is 0 Å². The quantitative estimate of drug-likeness (QED) is 0.542. The molecule has 0 saturated heterocycles. The molecule has 26 heavy (non-hydrogen) atoms. The second kappa shape index (κ2) is 7.44. The first-order valence-electron chi connectivity index (χ1n) is 9.00. The van der Waals surface area contributed by atoms with Gasteiger partial charge in [0.1, 0.15) is 11.2 Å². The molecule has 3 aromatic carbocycles. The predicted octanol–water partition coefficient (Wildman–Crippen LogP) is 4.88. The van der Waals surface area contributed by atoms with Gasteiger partial charge in [-0.05, 0) is 42.2 Å². The van der Waals surface area contributed by atoms with E-state index in [2.05, 4.69) is 35.6 Å². The molecule has 1 heterocycles. The molecule has 3 nitrogen and oxygen atoms in total. The number of furan rings is 1. The number of nitrogens with one attached hydrogen (secondary N) is 1. The van der Waals surface area contributed by atoms with Crippen LogP contribution in [0.25, 0.3) is 21.9 Å². The molecular weight excluding hydrogens is 322 g/mol. The van der Waals surface area contributed by atoms with E-state index in [1.165, 1.54) is 11.1 Å². The first kappa shape index (κ1) is 16.4. The largest absolute Gasteiger partial charge is 0.456 e. The lowest BCUT2D eigenvalue weighted by atomic mass is 10.1. The Hall–Kier alpha value is -3.07. The first-order chi connectivity index (χ1) is 12.8. The molecule has 1 aromatic heterocycles. The minimum atomic E-state index is 0.101. The normalized spacial score (nSPS) is 11.1. The highest BCUT2D eigenvalue weighted by atomic mass is 16.3. The van der Waals surface area contributed by atoms with Crippen LogP contribution in [0.1, 0.15) is 17.5 Å². The summed E-state index contributed by atoms with van der Waals surface area (Å²) in [6.45, 7) is 0.648. The second-order valence-electron chi connectivity index (χ2n) is 6.51. The third-order valence-corrected chi connectivity index (χ3v) is 4.66. The summed E-state index contributed by atoms with van der Waals surface area (Å²) in [4.78, 5) is 12.0. The smallest absolute Gasteiger partial charge is 0.220 e. The molecule has 0 radical (unpaired) electrons. The van der Waals surface area contributed by atoms with Crippen LogP contribution in [0, 0.1) is 0 Å². The Morgan fingerprint density at radius 1 is 0.769 bits per heavy atom. The molecule has 0 fully saturated rings. The van der Waals surface area contributed by atoms with Crippen LogP contribution in [0.5, 0.6) is 0 Å². The number of amides is 1. The monoisotopic (exact) mass is 343 g/mol. The summed E-state index contributed by atoms with van der Waals surface area (Å²) in [5.74, 6) is 0.101. The Kier molecular flexibility index (Phi) is 4.69. The van der Waals surface area contributed by atoms with Gasteiger partial charge in [-0.25, -0.2) is 0 Å². The van der Waals surface area contributed by atoms with Crippen molar-refractivity contribution in [1.29, 1.82) is 0 Å². The van der Waals surface area contributed by atoms with Crippen molar-refractivity contribution < 1.29 is 9.21 Å². The van der Waals surface area contributed by atoms with Gasteiger partial charge in [0.2, 0.25) is 5.91 Å². The van der Waals surface area contributed by atoms with Crippen LogP contribution >= 0.6 is 0 Å². The maximum atomic E-state index is 12.0. The van der Waals surface area contributed by atoms with Gasteiger partial charge in [-0.1, -0.05) is 54.6 Å². The molecule has 4 aromatic rings. The Bertz CT molecular complexity index is 1030. The second-order valence-corrected chi connectivity index (χ2v) is 6.51. The van der Waals surface area contributed by atoms with E-state index in [0.29, 0.717) is 13.0 Å². The highest BCUT2D eigenvalue weighted by Crippen LogP contribution is 2.29. The van der Waals surface area contributed by atoms with Crippen molar-refractivity contribution in [3.63, 3.8) is 0 Å². The highest BCUT2D eigenvalue weighted by molar-refractivity contribution is 6.04. The number of fused-ring (bicyclic) bond motifs is 3. The minimum absolute atomic E-state index is 0.101. The fraction of sp³-hybridized carbons (Fsp3) is 0.174. The Labute approximate surface area is 152 Å². The van der Waals surface area contributed by atoms with Crippen molar-refractivity contribution in [3.05, 3.63) is 83.9 Å². The van der Waals surface area contributed by atoms with E-state index in [1.807, 2.05) is 42.5 Å². The van der Waals surface area contributed by atoms with Crippen LogP contribution in [0.3, 0.4) is 0 Å². The van der Waals surface area contributed by atoms with Crippen LogP contribution in [0.15, 0.2) is 77.2 Å². The molecule has 0 spiro atoms. The number of benzene rings is 3. The molecule has 1 N–H and O–H groups in total. The van der Waals surface area contributed by atoms with Crippen molar-refractivity contribution in [1.82, 2.24) is 5.32 Å². The van der Waals surface area contributed by atoms with E-state index in [4.69, 9.17) is 4.42 Å². The lowest BCUT2D eigenvalue weighted by molar-refractivity contribution is -0.121. The lowest BCUT2D eigenvalue weighted by Gasteiger charge is -2.06. The van der Waals surface area contributed by atoms with Gasteiger partial charge in [0.25, 0.3) is 0 Å². The average molecular weight is 343 g/mol. The van der Waals surface area contributed by atoms with Crippen LogP contribution in [0.4, 0.5) is 0 Å². The Morgan fingerprint density at radius 2 is 1.54 bits per heavy atom. The number of hydrogen-bond donors (Lipinski definition) is 1. The molecule has 0 saturated carbocycles. The summed E-state index contributed by atoms with van der Waals surface area (Å²) in [5.41, 5.74) is 4.21. The molecule has 0 atom stereocenters. The molecular formula is C23H21NO2. The highest BCUT2D eigenvalue weighted by Gasteiger charge is 2.07. The summed E-state index contributed by atoms with van der Waals surface area (Å²) < 4.78 is 5.85. The van der Waals surface area contributed by atoms with Crippen LogP contribution in [-0.2, 0) is 17.6 Å². The van der Waals surface area contributed by atoms with Gasteiger partial charge in [0.05, 0.1) is 0 Å². The number of hydrogen-bond acceptors (Lipinski definition) is 2. The predicted molar refractivity (Wildman–Crippen MR) is 105 cm³/mol. The van der Waals surface area contributed by atoms with E-state index in [0.717, 1.165) is 34.8 Å². The zero-order valence-electron chi connectivity index (χ0n) is 14.6. The SMILES string of the molecule is O=C(CCc1ccccc1)NCCc1ccc2oc3ccccc3c2c1.